The lowest BCUT2D eigenvalue weighted by molar-refractivity contribution is 0.629. The maximum absolute atomic E-state index is 13.9. The molecule has 0 atom stereocenters. The molecule has 182 valence electrons. The highest BCUT2D eigenvalue weighted by molar-refractivity contribution is 6.12. The molecule has 4 heterocycles. The summed E-state index contributed by atoms with van der Waals surface area (Å²) in [6.07, 6.45) is 3.59. The predicted molar refractivity (Wildman–Crippen MR) is 156 cm³/mol. The second kappa shape index (κ2) is 8.36. The van der Waals surface area contributed by atoms with Crippen LogP contribution < -0.4 is 0 Å². The van der Waals surface area contributed by atoms with Crippen molar-refractivity contribution in [2.75, 3.05) is 0 Å². The van der Waals surface area contributed by atoms with Crippen molar-refractivity contribution in [2.24, 2.45) is 0 Å². The minimum absolute atomic E-state index is 0.274. The van der Waals surface area contributed by atoms with Gasteiger partial charge in [-0.25, -0.2) is 14.4 Å². The molecule has 0 aliphatic heterocycles. The Morgan fingerprint density at radius 3 is 2.08 bits per heavy atom. The van der Waals surface area contributed by atoms with E-state index in [1.54, 1.807) is 12.3 Å². The first kappa shape index (κ1) is 21.8. The third-order valence-electron chi connectivity index (χ3n) is 7.35. The van der Waals surface area contributed by atoms with Crippen molar-refractivity contribution in [2.45, 2.75) is 0 Å². The first-order chi connectivity index (χ1) is 19.2. The minimum Gasteiger partial charge on any atom is -0.254 e. The highest BCUT2D eigenvalue weighted by Gasteiger charge is 2.13. The predicted octanol–water partition coefficient (Wildman–Crippen LogP) is 8.51. The van der Waals surface area contributed by atoms with Gasteiger partial charge in [-0.1, -0.05) is 54.6 Å². The Morgan fingerprint density at radius 1 is 0.487 bits per heavy atom. The quantitative estimate of drug-likeness (QED) is 0.176. The fourth-order valence-corrected chi connectivity index (χ4v) is 5.45. The maximum Gasteiger partial charge on any atom is 0.123 e. The standard InChI is InChI=1S/C34H19FN4/c35-26-12-14-30-24(18-26)17-25-19-28(27-4-2-16-37-34(27)33(25)39-30)20-5-7-21(8-6-20)29-13-11-23-10-9-22-3-1-15-36-31(22)32(23)38-29/h1-19H. The summed E-state index contributed by atoms with van der Waals surface area (Å²) < 4.78 is 13.9. The lowest BCUT2D eigenvalue weighted by atomic mass is 9.96. The number of aromatic nitrogens is 4. The lowest BCUT2D eigenvalue weighted by Crippen LogP contribution is -1.91. The molecule has 0 aliphatic carbocycles. The number of benzene rings is 4. The van der Waals surface area contributed by atoms with Gasteiger partial charge in [0.1, 0.15) is 5.82 Å². The summed E-state index contributed by atoms with van der Waals surface area (Å²) >= 11 is 0. The van der Waals surface area contributed by atoms with Crippen LogP contribution in [-0.2, 0) is 0 Å². The van der Waals surface area contributed by atoms with Crippen LogP contribution in [0.3, 0.4) is 0 Å². The van der Waals surface area contributed by atoms with Gasteiger partial charge in [-0.05, 0) is 59.7 Å². The molecule has 4 aromatic carbocycles. The zero-order valence-electron chi connectivity index (χ0n) is 20.6. The van der Waals surface area contributed by atoms with Gasteiger partial charge < -0.3 is 0 Å². The topological polar surface area (TPSA) is 51.6 Å². The van der Waals surface area contributed by atoms with Crippen molar-refractivity contribution in [3.63, 3.8) is 0 Å². The highest BCUT2D eigenvalue weighted by Crippen LogP contribution is 2.35. The van der Waals surface area contributed by atoms with Gasteiger partial charge in [0.15, 0.2) is 0 Å². The van der Waals surface area contributed by atoms with Crippen LogP contribution in [0.25, 0.3) is 76.9 Å². The average Bonchev–Trinajstić information content (AvgIpc) is 2.99. The van der Waals surface area contributed by atoms with E-state index in [1.165, 1.54) is 12.1 Å². The molecule has 0 bridgehead atoms. The van der Waals surface area contributed by atoms with Gasteiger partial charge in [0.05, 0.1) is 33.3 Å². The molecule has 0 fully saturated rings. The van der Waals surface area contributed by atoms with Crippen molar-refractivity contribution in [1.82, 2.24) is 19.9 Å². The Hall–Kier alpha value is -5.29. The van der Waals surface area contributed by atoms with Crippen LogP contribution >= 0.6 is 0 Å². The minimum atomic E-state index is -0.274. The number of hydrogen-bond acceptors (Lipinski definition) is 4. The highest BCUT2D eigenvalue weighted by atomic mass is 19.1. The Kier molecular flexibility index (Phi) is 4.67. The van der Waals surface area contributed by atoms with Gasteiger partial charge in [-0.2, -0.15) is 0 Å². The van der Waals surface area contributed by atoms with Crippen LogP contribution in [0.5, 0.6) is 0 Å². The van der Waals surface area contributed by atoms with E-state index in [9.17, 15) is 4.39 Å². The average molecular weight is 503 g/mol. The third-order valence-corrected chi connectivity index (χ3v) is 7.35. The summed E-state index contributed by atoms with van der Waals surface area (Å²) in [5.41, 5.74) is 8.24. The van der Waals surface area contributed by atoms with Gasteiger partial charge in [0, 0.05) is 44.9 Å². The second-order valence-electron chi connectivity index (χ2n) is 9.71. The molecular weight excluding hydrogens is 483 g/mol. The van der Waals surface area contributed by atoms with Crippen molar-refractivity contribution >= 4 is 54.5 Å². The molecule has 0 N–H and O–H groups in total. The number of rotatable bonds is 2. The van der Waals surface area contributed by atoms with E-state index in [-0.39, 0.29) is 5.82 Å². The number of hydrogen-bond donors (Lipinski definition) is 0. The first-order valence-electron chi connectivity index (χ1n) is 12.7. The molecule has 5 heteroatoms. The molecule has 8 rings (SSSR count). The molecule has 0 saturated carbocycles. The SMILES string of the molecule is Fc1ccc2nc3c(cc(-c4ccc(-c5ccc6ccc7cccnc7c6n5)cc4)c4cccnc43)cc2c1. The number of halogens is 1. The van der Waals surface area contributed by atoms with Crippen LogP contribution in [0.1, 0.15) is 0 Å². The van der Waals surface area contributed by atoms with Gasteiger partial charge in [-0.3, -0.25) is 9.97 Å². The molecule has 0 unspecified atom stereocenters. The first-order valence-corrected chi connectivity index (χ1v) is 12.7. The molecular formula is C34H19FN4. The van der Waals surface area contributed by atoms with E-state index in [0.717, 1.165) is 76.9 Å². The maximum atomic E-state index is 13.9. The van der Waals surface area contributed by atoms with E-state index in [2.05, 4.69) is 76.7 Å². The van der Waals surface area contributed by atoms with E-state index in [4.69, 9.17) is 9.97 Å². The van der Waals surface area contributed by atoms with E-state index < -0.39 is 0 Å². The van der Waals surface area contributed by atoms with Crippen molar-refractivity contribution in [3.05, 3.63) is 121 Å². The second-order valence-corrected chi connectivity index (χ2v) is 9.71. The Balaban J connectivity index is 1.28. The lowest BCUT2D eigenvalue weighted by Gasteiger charge is -2.12. The zero-order chi connectivity index (χ0) is 25.9. The zero-order valence-corrected chi connectivity index (χ0v) is 20.6. The van der Waals surface area contributed by atoms with Gasteiger partial charge in [0.25, 0.3) is 0 Å². The summed E-state index contributed by atoms with van der Waals surface area (Å²) in [6.45, 7) is 0. The molecule has 0 amide bonds. The van der Waals surface area contributed by atoms with E-state index >= 15 is 0 Å². The fourth-order valence-electron chi connectivity index (χ4n) is 5.45. The van der Waals surface area contributed by atoms with Crippen molar-refractivity contribution in [1.29, 1.82) is 0 Å². The van der Waals surface area contributed by atoms with Crippen molar-refractivity contribution < 1.29 is 4.39 Å². The number of pyridine rings is 4. The van der Waals surface area contributed by atoms with Crippen LogP contribution in [0.4, 0.5) is 4.39 Å². The summed E-state index contributed by atoms with van der Waals surface area (Å²) in [4.78, 5) is 19.1. The summed E-state index contributed by atoms with van der Waals surface area (Å²) in [7, 11) is 0. The molecule has 0 radical (unpaired) electrons. The van der Waals surface area contributed by atoms with Crippen LogP contribution in [0, 0.1) is 5.82 Å². The smallest absolute Gasteiger partial charge is 0.123 e. The fraction of sp³-hybridized carbons (Fsp3) is 0. The largest absolute Gasteiger partial charge is 0.254 e. The van der Waals surface area contributed by atoms with Crippen LogP contribution in [-0.4, -0.2) is 19.9 Å². The van der Waals surface area contributed by atoms with Gasteiger partial charge in [-0.15, -0.1) is 0 Å². The molecule has 39 heavy (non-hydrogen) atoms. The van der Waals surface area contributed by atoms with Crippen molar-refractivity contribution in [3.8, 4) is 22.4 Å². The molecule has 0 spiro atoms. The number of nitrogens with zero attached hydrogens (tertiary/aromatic N) is 4. The normalized spacial score (nSPS) is 11.7. The summed E-state index contributed by atoms with van der Waals surface area (Å²) in [5, 5.41) is 4.86. The molecule has 4 aromatic heterocycles. The molecule has 8 aromatic rings. The Bertz CT molecular complexity index is 2240. The third kappa shape index (κ3) is 3.51. The van der Waals surface area contributed by atoms with Gasteiger partial charge in [0.2, 0.25) is 0 Å². The summed E-state index contributed by atoms with van der Waals surface area (Å²) in [6, 6.07) is 33.6. The Labute approximate surface area is 222 Å². The molecule has 0 saturated heterocycles. The van der Waals surface area contributed by atoms with E-state index in [0.29, 0.717) is 0 Å². The van der Waals surface area contributed by atoms with E-state index in [1.807, 2.05) is 24.4 Å². The van der Waals surface area contributed by atoms with Crippen LogP contribution in [0.2, 0.25) is 0 Å². The Morgan fingerprint density at radius 2 is 1.21 bits per heavy atom. The van der Waals surface area contributed by atoms with Crippen LogP contribution in [0.15, 0.2) is 116 Å². The molecule has 4 nitrogen and oxygen atoms in total. The number of fused-ring (bicyclic) bond motifs is 7. The molecule has 0 aliphatic rings. The van der Waals surface area contributed by atoms with Gasteiger partial charge >= 0.3 is 0 Å². The summed E-state index contributed by atoms with van der Waals surface area (Å²) in [5.74, 6) is -0.274. The monoisotopic (exact) mass is 502 g/mol.